The largest absolute Gasteiger partial charge is 0.319 e. The zero-order valence-corrected chi connectivity index (χ0v) is 12.4. The molecule has 0 atom stereocenters. The smallest absolute Gasteiger partial charge is 0.255 e. The molecule has 0 saturated heterocycles. The maximum atomic E-state index is 13.5. The van der Waals surface area contributed by atoms with Crippen molar-refractivity contribution in [3.05, 3.63) is 63.6 Å². The Hall–Kier alpha value is -1.46. The molecule has 20 heavy (non-hydrogen) atoms. The van der Waals surface area contributed by atoms with E-state index < -0.39 is 17.5 Å². The van der Waals surface area contributed by atoms with Gasteiger partial charge in [0.15, 0.2) is 0 Å². The van der Waals surface area contributed by atoms with Crippen LogP contribution < -0.4 is 5.32 Å². The lowest BCUT2D eigenvalue weighted by molar-refractivity contribution is 0.102. The van der Waals surface area contributed by atoms with Gasteiger partial charge in [0.05, 0.1) is 10.2 Å². The Morgan fingerprint density at radius 2 is 1.80 bits per heavy atom. The van der Waals surface area contributed by atoms with Crippen LogP contribution in [-0.2, 0) is 5.88 Å². The number of nitrogens with one attached hydrogen (secondary N) is 1. The monoisotopic (exact) mass is 359 g/mol. The molecular weight excluding hydrogens is 352 g/mol. The average Bonchev–Trinajstić information content (AvgIpc) is 2.44. The maximum Gasteiger partial charge on any atom is 0.255 e. The van der Waals surface area contributed by atoms with E-state index in [2.05, 4.69) is 21.2 Å². The fourth-order valence-electron chi connectivity index (χ4n) is 1.56. The van der Waals surface area contributed by atoms with Gasteiger partial charge in [0.2, 0.25) is 0 Å². The number of alkyl halides is 1. The summed E-state index contributed by atoms with van der Waals surface area (Å²) in [6, 6.07) is 8.47. The van der Waals surface area contributed by atoms with Crippen molar-refractivity contribution < 1.29 is 13.6 Å². The van der Waals surface area contributed by atoms with Crippen molar-refractivity contribution in [1.82, 2.24) is 0 Å². The predicted molar refractivity (Wildman–Crippen MR) is 78.0 cm³/mol. The van der Waals surface area contributed by atoms with Gasteiger partial charge in [-0.1, -0.05) is 12.1 Å². The number of carbonyl (C=O) groups is 1. The molecule has 1 amide bonds. The van der Waals surface area contributed by atoms with E-state index in [0.717, 1.165) is 5.56 Å². The highest BCUT2D eigenvalue weighted by Crippen LogP contribution is 2.24. The first-order valence-electron chi connectivity index (χ1n) is 5.62. The zero-order chi connectivity index (χ0) is 14.7. The Balaban J connectivity index is 2.20. The van der Waals surface area contributed by atoms with E-state index in [1.807, 2.05) is 0 Å². The molecule has 0 aromatic heterocycles. The van der Waals surface area contributed by atoms with E-state index in [1.165, 1.54) is 6.07 Å². The highest BCUT2D eigenvalue weighted by Gasteiger charge is 2.12. The number of benzene rings is 2. The topological polar surface area (TPSA) is 29.1 Å². The van der Waals surface area contributed by atoms with E-state index in [9.17, 15) is 13.6 Å². The van der Waals surface area contributed by atoms with Gasteiger partial charge in [-0.25, -0.2) is 8.78 Å². The Morgan fingerprint density at radius 1 is 1.15 bits per heavy atom. The van der Waals surface area contributed by atoms with Gasteiger partial charge < -0.3 is 5.32 Å². The summed E-state index contributed by atoms with van der Waals surface area (Å²) in [5.41, 5.74) is 1.14. The lowest BCUT2D eigenvalue weighted by Crippen LogP contribution is -2.13. The van der Waals surface area contributed by atoms with Crippen LogP contribution >= 0.6 is 27.5 Å². The molecule has 104 valence electrons. The second-order valence-corrected chi connectivity index (χ2v) is 5.15. The highest BCUT2D eigenvalue weighted by atomic mass is 79.9. The van der Waals surface area contributed by atoms with E-state index in [0.29, 0.717) is 17.5 Å². The van der Waals surface area contributed by atoms with Crippen molar-refractivity contribution >= 4 is 39.1 Å². The molecule has 2 rings (SSSR count). The number of carbonyl (C=O) groups excluding carboxylic acids is 1. The second-order valence-electron chi connectivity index (χ2n) is 4.03. The minimum atomic E-state index is -0.837. The zero-order valence-electron chi connectivity index (χ0n) is 10.1. The SMILES string of the molecule is O=C(Nc1cc(Br)c(F)cc1F)c1ccc(CCl)cc1. The van der Waals surface area contributed by atoms with Gasteiger partial charge in [0.1, 0.15) is 11.6 Å². The predicted octanol–water partition coefficient (Wildman–Crippen LogP) is 4.72. The van der Waals surface area contributed by atoms with Crippen molar-refractivity contribution in [3.8, 4) is 0 Å². The maximum absolute atomic E-state index is 13.5. The number of rotatable bonds is 3. The van der Waals surface area contributed by atoms with E-state index in [-0.39, 0.29) is 10.2 Å². The number of hydrogen-bond donors (Lipinski definition) is 1. The standard InChI is InChI=1S/C14H9BrClF2NO/c15-10-5-13(12(18)6-11(10)17)19-14(20)9-3-1-8(7-16)2-4-9/h1-6H,7H2,(H,19,20). The molecule has 6 heteroatoms. The van der Waals surface area contributed by atoms with Crippen molar-refractivity contribution in [2.24, 2.45) is 0 Å². The molecule has 0 spiro atoms. The third-order valence-corrected chi connectivity index (χ3v) is 3.54. The van der Waals surface area contributed by atoms with Crippen LogP contribution in [0.25, 0.3) is 0 Å². The quantitative estimate of drug-likeness (QED) is 0.623. The minimum Gasteiger partial charge on any atom is -0.319 e. The van der Waals surface area contributed by atoms with E-state index in [4.69, 9.17) is 11.6 Å². The summed E-state index contributed by atoms with van der Waals surface area (Å²) < 4.78 is 26.7. The molecule has 0 fully saturated rings. The van der Waals surface area contributed by atoms with Gasteiger partial charge in [-0.05, 0) is 39.7 Å². The van der Waals surface area contributed by atoms with Crippen molar-refractivity contribution in [2.75, 3.05) is 5.32 Å². The Morgan fingerprint density at radius 3 is 2.40 bits per heavy atom. The van der Waals surface area contributed by atoms with Gasteiger partial charge >= 0.3 is 0 Å². The number of anilines is 1. The van der Waals surface area contributed by atoms with Crippen LogP contribution in [0.15, 0.2) is 40.9 Å². The van der Waals surface area contributed by atoms with Crippen LogP contribution in [0.5, 0.6) is 0 Å². The third-order valence-electron chi connectivity index (χ3n) is 2.63. The molecule has 2 aromatic rings. The summed E-state index contributed by atoms with van der Waals surface area (Å²) >= 11 is 8.59. The van der Waals surface area contributed by atoms with Crippen LogP contribution in [0.3, 0.4) is 0 Å². The third kappa shape index (κ3) is 3.35. The molecule has 0 aliphatic rings. The molecular formula is C14H9BrClF2NO. The Kier molecular flexibility index (Phi) is 4.73. The molecule has 0 aliphatic heterocycles. The first kappa shape index (κ1) is 14.9. The van der Waals surface area contributed by atoms with Gasteiger partial charge in [-0.15, -0.1) is 11.6 Å². The van der Waals surface area contributed by atoms with Crippen molar-refractivity contribution in [2.45, 2.75) is 5.88 Å². The molecule has 0 heterocycles. The molecule has 2 nitrogen and oxygen atoms in total. The average molecular weight is 361 g/mol. The van der Waals surface area contributed by atoms with Gasteiger partial charge in [-0.2, -0.15) is 0 Å². The Labute approximate surface area is 127 Å². The molecule has 1 N–H and O–H groups in total. The number of halogens is 4. The second kappa shape index (κ2) is 6.33. The van der Waals surface area contributed by atoms with Gasteiger partial charge in [0.25, 0.3) is 5.91 Å². The summed E-state index contributed by atoms with van der Waals surface area (Å²) in [5, 5.41) is 2.39. The summed E-state index contributed by atoms with van der Waals surface area (Å²) in [6.07, 6.45) is 0. The summed E-state index contributed by atoms with van der Waals surface area (Å²) in [7, 11) is 0. The normalized spacial score (nSPS) is 10.4. The van der Waals surface area contributed by atoms with Crippen LogP contribution in [0, 0.1) is 11.6 Å². The van der Waals surface area contributed by atoms with Crippen LogP contribution in [-0.4, -0.2) is 5.91 Å². The molecule has 2 aromatic carbocycles. The lowest BCUT2D eigenvalue weighted by Gasteiger charge is -2.08. The van der Waals surface area contributed by atoms with E-state index >= 15 is 0 Å². The first-order valence-corrected chi connectivity index (χ1v) is 6.95. The minimum absolute atomic E-state index is 0.0756. The summed E-state index contributed by atoms with van der Waals surface area (Å²) in [4.78, 5) is 11.9. The fraction of sp³-hybridized carbons (Fsp3) is 0.0714. The fourth-order valence-corrected chi connectivity index (χ4v) is 2.08. The Bertz CT molecular complexity index is 646. The lowest BCUT2D eigenvalue weighted by atomic mass is 10.1. The summed E-state index contributed by atoms with van der Waals surface area (Å²) in [5.74, 6) is -1.70. The van der Waals surface area contributed by atoms with Crippen LogP contribution in [0.2, 0.25) is 0 Å². The van der Waals surface area contributed by atoms with E-state index in [1.54, 1.807) is 24.3 Å². The molecule has 0 radical (unpaired) electrons. The van der Waals surface area contributed by atoms with Crippen molar-refractivity contribution in [3.63, 3.8) is 0 Å². The molecule has 0 unspecified atom stereocenters. The highest BCUT2D eigenvalue weighted by molar-refractivity contribution is 9.10. The molecule has 0 saturated carbocycles. The van der Waals surface area contributed by atoms with Crippen molar-refractivity contribution in [1.29, 1.82) is 0 Å². The van der Waals surface area contributed by atoms with Gasteiger partial charge in [0, 0.05) is 17.5 Å². The van der Waals surface area contributed by atoms with Crippen LogP contribution in [0.4, 0.5) is 14.5 Å². The molecule has 0 aliphatic carbocycles. The summed E-state index contributed by atoms with van der Waals surface area (Å²) in [6.45, 7) is 0. The first-order chi connectivity index (χ1) is 9.51. The van der Waals surface area contributed by atoms with Gasteiger partial charge in [-0.3, -0.25) is 4.79 Å². The molecule has 0 bridgehead atoms. The van der Waals surface area contributed by atoms with Crippen LogP contribution in [0.1, 0.15) is 15.9 Å². The number of amides is 1. The number of hydrogen-bond acceptors (Lipinski definition) is 1.